The van der Waals surface area contributed by atoms with Crippen LogP contribution in [0.3, 0.4) is 0 Å². The van der Waals surface area contributed by atoms with Crippen LogP contribution in [0, 0.1) is 0 Å². The standard InChI is InChI=1S/C27H31F3N4O7/c1-6-38-22-21(36-4)16(2)39-25(23(22)37-5)40-26(35)33(3)18-9-7-17(8-10-18)24-31-15-34(32-24)19-11-13-20(14-12-19)41-27(28,29)30/h7-16,21-23,25H,6H2,1-5H3. The van der Waals surface area contributed by atoms with E-state index in [1.54, 1.807) is 38.4 Å². The summed E-state index contributed by atoms with van der Waals surface area (Å²) in [5.74, 6) is 0.0370. The molecule has 0 bridgehead atoms. The third-order valence-corrected chi connectivity index (χ3v) is 6.46. The number of carbonyl (C=O) groups excluding carboxylic acids is 1. The second kappa shape index (κ2) is 12.9. The van der Waals surface area contributed by atoms with Crippen molar-refractivity contribution in [3.8, 4) is 22.8 Å². The number of amides is 1. The summed E-state index contributed by atoms with van der Waals surface area (Å²) in [6, 6.07) is 12.1. The van der Waals surface area contributed by atoms with E-state index < -0.39 is 43.2 Å². The Morgan fingerprint density at radius 1 is 1.02 bits per heavy atom. The third-order valence-electron chi connectivity index (χ3n) is 6.46. The SMILES string of the molecule is CCOC1C(OC)C(C)OC(OC(=O)N(C)c2ccc(-c3ncn(-c4ccc(OC(F)(F)F)cc4)n3)cc2)C1OC. The monoisotopic (exact) mass is 580 g/mol. The maximum Gasteiger partial charge on any atom is 0.573 e. The highest BCUT2D eigenvalue weighted by Gasteiger charge is 2.47. The highest BCUT2D eigenvalue weighted by molar-refractivity contribution is 5.87. The molecule has 2 aromatic carbocycles. The molecular weight excluding hydrogens is 549 g/mol. The summed E-state index contributed by atoms with van der Waals surface area (Å²) in [6.45, 7) is 4.08. The minimum Gasteiger partial charge on any atom is -0.416 e. The van der Waals surface area contributed by atoms with Crippen LogP contribution in [0.15, 0.2) is 54.9 Å². The minimum atomic E-state index is -4.77. The van der Waals surface area contributed by atoms with E-state index in [0.29, 0.717) is 29.4 Å². The van der Waals surface area contributed by atoms with Gasteiger partial charge >= 0.3 is 12.5 Å². The first-order chi connectivity index (χ1) is 19.5. The highest BCUT2D eigenvalue weighted by atomic mass is 19.4. The highest BCUT2D eigenvalue weighted by Crippen LogP contribution is 2.29. The molecule has 222 valence electrons. The zero-order chi connectivity index (χ0) is 29.7. The first-order valence-corrected chi connectivity index (χ1v) is 12.7. The number of halogens is 3. The van der Waals surface area contributed by atoms with Crippen LogP contribution in [-0.4, -0.2) is 85.8 Å². The Morgan fingerprint density at radius 2 is 1.68 bits per heavy atom. The molecule has 0 saturated carbocycles. The lowest BCUT2D eigenvalue weighted by Gasteiger charge is -2.43. The summed E-state index contributed by atoms with van der Waals surface area (Å²) >= 11 is 0. The average molecular weight is 581 g/mol. The van der Waals surface area contributed by atoms with Gasteiger partial charge in [0.2, 0.25) is 6.29 Å². The molecule has 4 rings (SSSR count). The van der Waals surface area contributed by atoms with Crippen LogP contribution in [0.1, 0.15) is 13.8 Å². The van der Waals surface area contributed by atoms with E-state index in [9.17, 15) is 18.0 Å². The van der Waals surface area contributed by atoms with E-state index in [1.807, 2.05) is 13.8 Å². The lowest BCUT2D eigenvalue weighted by Crippen LogP contribution is -2.60. The van der Waals surface area contributed by atoms with Crippen LogP contribution < -0.4 is 9.64 Å². The normalized spacial score (nSPS) is 22.8. The fourth-order valence-corrected chi connectivity index (χ4v) is 4.46. The van der Waals surface area contributed by atoms with Crippen LogP contribution in [0.2, 0.25) is 0 Å². The summed E-state index contributed by atoms with van der Waals surface area (Å²) in [7, 11) is 4.60. The number of nitrogens with zero attached hydrogens (tertiary/aromatic N) is 4. The van der Waals surface area contributed by atoms with Crippen molar-refractivity contribution in [3.63, 3.8) is 0 Å². The summed E-state index contributed by atoms with van der Waals surface area (Å²) in [5.41, 5.74) is 1.68. The lowest BCUT2D eigenvalue weighted by molar-refractivity contribution is -0.292. The van der Waals surface area contributed by atoms with Crippen molar-refractivity contribution >= 4 is 11.8 Å². The number of hydrogen-bond donors (Lipinski definition) is 0. The second-order valence-electron chi connectivity index (χ2n) is 9.07. The molecule has 0 spiro atoms. The van der Waals surface area contributed by atoms with Crippen LogP contribution in [-0.2, 0) is 23.7 Å². The molecule has 1 aliphatic rings. The molecule has 5 unspecified atom stereocenters. The number of hydrogen-bond acceptors (Lipinski definition) is 9. The largest absolute Gasteiger partial charge is 0.573 e. The van der Waals surface area contributed by atoms with Gasteiger partial charge in [-0.1, -0.05) is 0 Å². The number of ether oxygens (including phenoxy) is 6. The first-order valence-electron chi connectivity index (χ1n) is 12.7. The predicted molar refractivity (Wildman–Crippen MR) is 140 cm³/mol. The van der Waals surface area contributed by atoms with E-state index >= 15 is 0 Å². The van der Waals surface area contributed by atoms with Crippen LogP contribution in [0.4, 0.5) is 23.7 Å². The molecule has 1 saturated heterocycles. The van der Waals surface area contributed by atoms with Crippen molar-refractivity contribution in [1.29, 1.82) is 0 Å². The molecule has 11 nitrogen and oxygen atoms in total. The van der Waals surface area contributed by atoms with Crippen molar-refractivity contribution in [2.24, 2.45) is 0 Å². The molecule has 2 heterocycles. The first kappa shape index (κ1) is 30.2. The molecule has 0 aliphatic carbocycles. The smallest absolute Gasteiger partial charge is 0.416 e. The van der Waals surface area contributed by atoms with Crippen molar-refractivity contribution < 1.29 is 46.4 Å². The average Bonchev–Trinajstić information content (AvgIpc) is 3.43. The van der Waals surface area contributed by atoms with Crippen molar-refractivity contribution in [2.75, 3.05) is 32.8 Å². The lowest BCUT2D eigenvalue weighted by atomic mass is 9.99. The maximum atomic E-state index is 13.0. The molecule has 1 amide bonds. The van der Waals surface area contributed by atoms with E-state index in [-0.39, 0.29) is 5.75 Å². The molecule has 5 atom stereocenters. The topological polar surface area (TPSA) is 106 Å². The van der Waals surface area contributed by atoms with Gasteiger partial charge in [0.15, 0.2) is 5.82 Å². The molecule has 14 heteroatoms. The number of rotatable bonds is 9. The summed E-state index contributed by atoms with van der Waals surface area (Å²) in [5, 5.41) is 4.39. The molecule has 41 heavy (non-hydrogen) atoms. The fraction of sp³-hybridized carbons (Fsp3) is 0.444. The van der Waals surface area contributed by atoms with Crippen molar-refractivity contribution in [1.82, 2.24) is 14.8 Å². The molecule has 0 radical (unpaired) electrons. The zero-order valence-corrected chi connectivity index (χ0v) is 23.1. The fourth-order valence-electron chi connectivity index (χ4n) is 4.46. The van der Waals surface area contributed by atoms with Gasteiger partial charge < -0.3 is 28.4 Å². The molecule has 1 aromatic heterocycles. The zero-order valence-electron chi connectivity index (χ0n) is 23.1. The van der Waals surface area contributed by atoms with Crippen LogP contribution in [0.5, 0.6) is 5.75 Å². The van der Waals surface area contributed by atoms with E-state index in [4.69, 9.17) is 23.7 Å². The van der Waals surface area contributed by atoms with Gasteiger partial charge in [-0.15, -0.1) is 18.3 Å². The molecular formula is C27H31F3N4O7. The second-order valence-corrected chi connectivity index (χ2v) is 9.07. The number of carbonyl (C=O) groups is 1. The van der Waals surface area contributed by atoms with Crippen molar-refractivity contribution in [3.05, 3.63) is 54.9 Å². The van der Waals surface area contributed by atoms with Gasteiger partial charge in [0.1, 0.15) is 30.4 Å². The molecule has 3 aromatic rings. The summed E-state index contributed by atoms with van der Waals surface area (Å²) in [6.07, 6.45) is -7.03. The van der Waals surface area contributed by atoms with Gasteiger partial charge in [-0.25, -0.2) is 14.5 Å². The quantitative estimate of drug-likeness (QED) is 0.359. The Balaban J connectivity index is 1.41. The van der Waals surface area contributed by atoms with E-state index in [0.717, 1.165) is 0 Å². The van der Waals surface area contributed by atoms with Gasteiger partial charge in [0, 0.05) is 39.1 Å². The number of methoxy groups -OCH3 is 2. The summed E-state index contributed by atoms with van der Waals surface area (Å²) in [4.78, 5) is 18.6. The number of alkyl halides is 3. The Hall–Kier alpha value is -3.72. The minimum absolute atomic E-state index is 0.338. The number of aromatic nitrogens is 3. The maximum absolute atomic E-state index is 13.0. The van der Waals surface area contributed by atoms with Gasteiger partial charge in [-0.3, -0.25) is 4.90 Å². The van der Waals surface area contributed by atoms with E-state index in [1.165, 1.54) is 47.3 Å². The van der Waals surface area contributed by atoms with Crippen molar-refractivity contribution in [2.45, 2.75) is 50.9 Å². The van der Waals surface area contributed by atoms with Gasteiger partial charge in [0.25, 0.3) is 0 Å². The Bertz CT molecular complexity index is 1290. The number of benzene rings is 2. The third kappa shape index (κ3) is 7.14. The van der Waals surface area contributed by atoms with Gasteiger partial charge in [-0.05, 0) is 62.4 Å². The molecule has 1 aliphatic heterocycles. The molecule has 1 fully saturated rings. The molecule has 0 N–H and O–H groups in total. The Morgan fingerprint density at radius 3 is 2.27 bits per heavy atom. The van der Waals surface area contributed by atoms with Crippen LogP contribution >= 0.6 is 0 Å². The van der Waals surface area contributed by atoms with Gasteiger partial charge in [-0.2, -0.15) is 0 Å². The number of anilines is 1. The van der Waals surface area contributed by atoms with Crippen LogP contribution in [0.25, 0.3) is 17.1 Å². The van der Waals surface area contributed by atoms with Gasteiger partial charge in [0.05, 0.1) is 11.8 Å². The Labute approximate surface area is 234 Å². The van der Waals surface area contributed by atoms with E-state index in [2.05, 4.69) is 14.8 Å². The summed E-state index contributed by atoms with van der Waals surface area (Å²) < 4.78 is 71.0. The Kier molecular flexibility index (Phi) is 9.48. The predicted octanol–water partition coefficient (Wildman–Crippen LogP) is 4.59.